The molecule has 0 aliphatic rings. The van der Waals surface area contributed by atoms with Crippen molar-refractivity contribution in [2.45, 2.75) is 52.9 Å². The molecule has 0 spiro atoms. The van der Waals surface area contributed by atoms with Gasteiger partial charge >= 0.3 is 0 Å². The molecular formula is C22H36N2O5. The molecule has 2 amide bonds. The maximum absolute atomic E-state index is 12.8. The number of aliphatic hydroxyl groups is 1. The lowest BCUT2D eigenvalue weighted by Crippen LogP contribution is -2.51. The number of benzene rings is 1. The highest BCUT2D eigenvalue weighted by atomic mass is 16.5. The molecule has 2 N–H and O–H groups in total. The lowest BCUT2D eigenvalue weighted by Gasteiger charge is -2.28. The predicted octanol–water partition coefficient (Wildman–Crippen LogP) is 2.01. The van der Waals surface area contributed by atoms with Crippen LogP contribution < -0.4 is 5.32 Å². The van der Waals surface area contributed by atoms with Gasteiger partial charge < -0.3 is 24.8 Å². The first-order chi connectivity index (χ1) is 13.6. The Kier molecular flexibility index (Phi) is 10.9. The van der Waals surface area contributed by atoms with Crippen molar-refractivity contribution in [2.75, 3.05) is 33.4 Å². The minimum atomic E-state index is -0.816. The number of nitrogens with one attached hydrogen (secondary N) is 1. The molecule has 0 heterocycles. The first kappa shape index (κ1) is 25.1. The van der Waals surface area contributed by atoms with E-state index in [-0.39, 0.29) is 37.0 Å². The number of carbonyl (C=O) groups is 2. The molecule has 0 aliphatic heterocycles. The zero-order valence-electron chi connectivity index (χ0n) is 18.5. The molecule has 0 saturated carbocycles. The molecule has 0 saturated heterocycles. The van der Waals surface area contributed by atoms with Crippen molar-refractivity contribution < 1.29 is 24.2 Å². The van der Waals surface area contributed by atoms with E-state index < -0.39 is 12.1 Å². The third kappa shape index (κ3) is 9.39. The van der Waals surface area contributed by atoms with Crippen molar-refractivity contribution in [3.8, 4) is 0 Å². The Balaban J connectivity index is 2.54. The van der Waals surface area contributed by atoms with E-state index in [4.69, 9.17) is 9.47 Å². The average Bonchev–Trinajstić information content (AvgIpc) is 2.65. The first-order valence-corrected chi connectivity index (χ1v) is 10.1. The third-order valence-electron chi connectivity index (χ3n) is 4.38. The number of aryl methyl sites for hydroxylation is 1. The Labute approximate surface area is 174 Å². The van der Waals surface area contributed by atoms with E-state index in [2.05, 4.69) is 5.32 Å². The second kappa shape index (κ2) is 12.6. The fourth-order valence-electron chi connectivity index (χ4n) is 2.70. The number of rotatable bonds is 12. The van der Waals surface area contributed by atoms with Gasteiger partial charge in [0.15, 0.2) is 0 Å². The SMILES string of the molecule is Cc1ccc(C(=O)N[C@H](C(=O)N(C)C[C@@H](O)COCCOC(C)C)C(C)C)cc1. The van der Waals surface area contributed by atoms with Gasteiger partial charge in [-0.05, 0) is 38.8 Å². The van der Waals surface area contributed by atoms with Gasteiger partial charge in [0.2, 0.25) is 5.91 Å². The van der Waals surface area contributed by atoms with Crippen molar-refractivity contribution in [1.82, 2.24) is 10.2 Å². The van der Waals surface area contributed by atoms with E-state index in [1.165, 1.54) is 4.90 Å². The Hall–Kier alpha value is -1.96. The molecular weight excluding hydrogens is 372 g/mol. The number of hydrogen-bond donors (Lipinski definition) is 2. The van der Waals surface area contributed by atoms with Crippen LogP contribution in [0.1, 0.15) is 43.6 Å². The number of likely N-dealkylation sites (N-methyl/N-ethyl adjacent to an activating group) is 1. The van der Waals surface area contributed by atoms with Crippen LogP contribution in [0, 0.1) is 12.8 Å². The molecule has 1 rings (SSSR count). The highest BCUT2D eigenvalue weighted by molar-refractivity contribution is 5.97. The van der Waals surface area contributed by atoms with Crippen LogP contribution in [0.5, 0.6) is 0 Å². The van der Waals surface area contributed by atoms with Crippen LogP contribution in [0.15, 0.2) is 24.3 Å². The molecule has 7 heteroatoms. The Bertz CT molecular complexity index is 631. The van der Waals surface area contributed by atoms with Crippen molar-refractivity contribution in [3.05, 3.63) is 35.4 Å². The summed E-state index contributed by atoms with van der Waals surface area (Å²) in [6.45, 7) is 10.7. The van der Waals surface area contributed by atoms with Gasteiger partial charge in [0.1, 0.15) is 6.04 Å². The highest BCUT2D eigenvalue weighted by Crippen LogP contribution is 2.09. The van der Waals surface area contributed by atoms with Gasteiger partial charge in [-0.2, -0.15) is 0 Å². The Morgan fingerprint density at radius 3 is 2.28 bits per heavy atom. The van der Waals surface area contributed by atoms with Crippen LogP contribution in [0.4, 0.5) is 0 Å². The van der Waals surface area contributed by atoms with E-state index in [0.29, 0.717) is 18.8 Å². The lowest BCUT2D eigenvalue weighted by molar-refractivity contribution is -0.134. The molecule has 2 atom stereocenters. The Morgan fingerprint density at radius 2 is 1.72 bits per heavy atom. The summed E-state index contributed by atoms with van der Waals surface area (Å²) >= 11 is 0. The molecule has 29 heavy (non-hydrogen) atoms. The summed E-state index contributed by atoms with van der Waals surface area (Å²) in [5.74, 6) is -0.636. The van der Waals surface area contributed by atoms with Gasteiger partial charge in [-0.25, -0.2) is 0 Å². The molecule has 164 valence electrons. The van der Waals surface area contributed by atoms with Crippen molar-refractivity contribution in [3.63, 3.8) is 0 Å². The van der Waals surface area contributed by atoms with Crippen LogP contribution in [0.25, 0.3) is 0 Å². The molecule has 0 unspecified atom stereocenters. The summed E-state index contributed by atoms with van der Waals surface area (Å²) in [6.07, 6.45) is -0.682. The summed E-state index contributed by atoms with van der Waals surface area (Å²) in [5, 5.41) is 13.0. The monoisotopic (exact) mass is 408 g/mol. The normalized spacial score (nSPS) is 13.4. The van der Waals surface area contributed by atoms with Gasteiger partial charge in [0.05, 0.1) is 32.0 Å². The van der Waals surface area contributed by atoms with Crippen LogP contribution in [-0.2, 0) is 14.3 Å². The van der Waals surface area contributed by atoms with Gasteiger partial charge in [-0.3, -0.25) is 9.59 Å². The lowest BCUT2D eigenvalue weighted by atomic mass is 10.0. The van der Waals surface area contributed by atoms with Crippen LogP contribution in [0.3, 0.4) is 0 Å². The molecule has 0 bridgehead atoms. The molecule has 7 nitrogen and oxygen atoms in total. The van der Waals surface area contributed by atoms with Crippen molar-refractivity contribution in [1.29, 1.82) is 0 Å². The number of amides is 2. The van der Waals surface area contributed by atoms with Gasteiger partial charge in [0, 0.05) is 19.2 Å². The van der Waals surface area contributed by atoms with Crippen LogP contribution in [-0.4, -0.2) is 73.5 Å². The molecule has 1 aromatic carbocycles. The van der Waals surface area contributed by atoms with Gasteiger partial charge in [-0.15, -0.1) is 0 Å². The molecule has 0 radical (unpaired) electrons. The fraction of sp³-hybridized carbons (Fsp3) is 0.636. The van der Waals surface area contributed by atoms with Crippen LogP contribution >= 0.6 is 0 Å². The standard InChI is InChI=1S/C22H36N2O5/c1-15(2)20(23-21(26)18-9-7-17(5)8-10-18)22(27)24(6)13-19(25)14-28-11-12-29-16(3)4/h7-10,15-16,19-20,25H,11-14H2,1-6H3,(H,23,26)/t19-,20+/m1/s1. The number of carbonyl (C=O) groups excluding carboxylic acids is 2. The number of aliphatic hydroxyl groups excluding tert-OH is 1. The summed E-state index contributed by atoms with van der Waals surface area (Å²) in [4.78, 5) is 26.8. The summed E-state index contributed by atoms with van der Waals surface area (Å²) < 4.78 is 10.8. The summed E-state index contributed by atoms with van der Waals surface area (Å²) in [5.41, 5.74) is 1.57. The van der Waals surface area contributed by atoms with Crippen molar-refractivity contribution >= 4 is 11.8 Å². The minimum Gasteiger partial charge on any atom is -0.389 e. The second-order valence-electron chi connectivity index (χ2n) is 7.93. The quantitative estimate of drug-likeness (QED) is 0.517. The zero-order chi connectivity index (χ0) is 22.0. The minimum absolute atomic E-state index is 0.0964. The number of ether oxygens (including phenoxy) is 2. The predicted molar refractivity (Wildman–Crippen MR) is 113 cm³/mol. The van der Waals surface area contributed by atoms with Crippen molar-refractivity contribution in [2.24, 2.45) is 5.92 Å². The highest BCUT2D eigenvalue weighted by Gasteiger charge is 2.28. The van der Waals surface area contributed by atoms with Gasteiger partial charge in [-0.1, -0.05) is 31.5 Å². The topological polar surface area (TPSA) is 88.1 Å². The van der Waals surface area contributed by atoms with E-state index >= 15 is 0 Å². The van der Waals surface area contributed by atoms with Crippen LogP contribution in [0.2, 0.25) is 0 Å². The summed E-state index contributed by atoms with van der Waals surface area (Å²) in [7, 11) is 1.61. The van der Waals surface area contributed by atoms with Gasteiger partial charge in [0.25, 0.3) is 5.91 Å². The van der Waals surface area contributed by atoms with E-state index in [9.17, 15) is 14.7 Å². The van der Waals surface area contributed by atoms with E-state index in [1.807, 2.05) is 46.8 Å². The smallest absolute Gasteiger partial charge is 0.251 e. The second-order valence-corrected chi connectivity index (χ2v) is 7.93. The number of nitrogens with zero attached hydrogens (tertiary/aromatic N) is 1. The fourth-order valence-corrected chi connectivity index (χ4v) is 2.70. The average molecular weight is 409 g/mol. The third-order valence-corrected chi connectivity index (χ3v) is 4.38. The van der Waals surface area contributed by atoms with E-state index in [1.54, 1.807) is 19.2 Å². The maximum atomic E-state index is 12.8. The first-order valence-electron chi connectivity index (χ1n) is 10.1. The molecule has 0 fully saturated rings. The molecule has 1 aromatic rings. The molecule has 0 aliphatic carbocycles. The molecule has 0 aromatic heterocycles. The Morgan fingerprint density at radius 1 is 1.10 bits per heavy atom. The maximum Gasteiger partial charge on any atom is 0.251 e. The number of hydrogen-bond acceptors (Lipinski definition) is 5. The summed E-state index contributed by atoms with van der Waals surface area (Å²) in [6, 6.07) is 6.51. The van der Waals surface area contributed by atoms with E-state index in [0.717, 1.165) is 5.56 Å². The largest absolute Gasteiger partial charge is 0.389 e. The zero-order valence-corrected chi connectivity index (χ0v) is 18.5.